The van der Waals surface area contributed by atoms with E-state index in [1.165, 1.54) is 54.6 Å². The Hall–Kier alpha value is -3.73. The van der Waals surface area contributed by atoms with E-state index in [0.717, 1.165) is 24.4 Å². The van der Waals surface area contributed by atoms with Crippen molar-refractivity contribution in [2.24, 2.45) is 5.10 Å². The summed E-state index contributed by atoms with van der Waals surface area (Å²) in [6.07, 6.45) is -3.56. The van der Waals surface area contributed by atoms with Crippen molar-refractivity contribution in [1.82, 2.24) is 5.43 Å². The van der Waals surface area contributed by atoms with Crippen LogP contribution in [0.5, 0.6) is 0 Å². The van der Waals surface area contributed by atoms with Crippen LogP contribution in [0.4, 0.5) is 23.2 Å². The summed E-state index contributed by atoms with van der Waals surface area (Å²) in [5.41, 5.74) is 0.876. The van der Waals surface area contributed by atoms with Crippen LogP contribution in [0.3, 0.4) is 0 Å². The topological polar surface area (TPSA) is 78.8 Å². The number of alkyl halides is 3. The van der Waals surface area contributed by atoms with Gasteiger partial charge in [0.05, 0.1) is 22.4 Å². The Morgan fingerprint density at radius 1 is 0.970 bits per heavy atom. The highest BCUT2D eigenvalue weighted by molar-refractivity contribution is 7.92. The Morgan fingerprint density at radius 3 is 2.30 bits per heavy atom. The molecule has 172 valence electrons. The first-order chi connectivity index (χ1) is 15.6. The lowest BCUT2D eigenvalue weighted by atomic mass is 10.1. The maximum absolute atomic E-state index is 14.4. The fourth-order valence-corrected chi connectivity index (χ4v) is 4.26. The predicted octanol–water partition coefficient (Wildman–Crippen LogP) is 4.19. The maximum atomic E-state index is 14.4. The fourth-order valence-electron chi connectivity index (χ4n) is 2.81. The van der Waals surface area contributed by atoms with Gasteiger partial charge in [-0.1, -0.05) is 42.5 Å². The molecule has 0 radical (unpaired) electrons. The van der Waals surface area contributed by atoms with Crippen LogP contribution in [0.2, 0.25) is 0 Å². The summed E-state index contributed by atoms with van der Waals surface area (Å²) in [7, 11) is -4.32. The van der Waals surface area contributed by atoms with Gasteiger partial charge in [-0.3, -0.25) is 9.10 Å². The number of hydrogen-bond donors (Lipinski definition) is 1. The van der Waals surface area contributed by atoms with Crippen LogP contribution >= 0.6 is 0 Å². The molecule has 6 nitrogen and oxygen atoms in total. The van der Waals surface area contributed by atoms with E-state index in [9.17, 15) is 30.8 Å². The van der Waals surface area contributed by atoms with E-state index in [2.05, 4.69) is 10.5 Å². The number of halogens is 4. The average Bonchev–Trinajstić information content (AvgIpc) is 2.78. The number of rotatable bonds is 7. The van der Waals surface area contributed by atoms with E-state index >= 15 is 0 Å². The lowest BCUT2D eigenvalue weighted by Crippen LogP contribution is -2.40. The zero-order valence-electron chi connectivity index (χ0n) is 16.8. The number of carbonyl (C=O) groups excluding carboxylic acids is 1. The van der Waals surface area contributed by atoms with Crippen LogP contribution in [0.25, 0.3) is 0 Å². The predicted molar refractivity (Wildman–Crippen MR) is 115 cm³/mol. The number of hydrogen-bond acceptors (Lipinski definition) is 4. The van der Waals surface area contributed by atoms with Gasteiger partial charge in [0.2, 0.25) is 0 Å². The van der Waals surface area contributed by atoms with Crippen LogP contribution in [0, 0.1) is 5.82 Å². The SMILES string of the molecule is O=C(CN(c1ccccc1F)S(=O)(=O)c1ccccc1)NN=Cc1cccc(C(F)(F)F)c1. The van der Waals surface area contributed by atoms with E-state index in [-0.39, 0.29) is 16.1 Å². The van der Waals surface area contributed by atoms with Crippen molar-refractivity contribution >= 4 is 27.8 Å². The van der Waals surface area contributed by atoms with Gasteiger partial charge >= 0.3 is 6.18 Å². The van der Waals surface area contributed by atoms with Gasteiger partial charge in [0.15, 0.2) is 0 Å². The van der Waals surface area contributed by atoms with Crippen LogP contribution in [0.15, 0.2) is 88.9 Å². The molecule has 3 aromatic rings. The molecule has 0 aliphatic rings. The van der Waals surface area contributed by atoms with E-state index < -0.39 is 40.0 Å². The van der Waals surface area contributed by atoms with Gasteiger partial charge in [-0.2, -0.15) is 18.3 Å². The second-order valence-corrected chi connectivity index (χ2v) is 8.55. The highest BCUT2D eigenvalue weighted by atomic mass is 32.2. The summed E-state index contributed by atoms with van der Waals surface area (Å²) in [5, 5.41) is 3.58. The number of nitrogens with one attached hydrogen (secondary N) is 1. The van der Waals surface area contributed by atoms with Crippen molar-refractivity contribution in [3.8, 4) is 0 Å². The number of benzene rings is 3. The number of hydrazone groups is 1. The lowest BCUT2D eigenvalue weighted by molar-refractivity contribution is -0.137. The van der Waals surface area contributed by atoms with Crippen molar-refractivity contribution in [3.05, 3.63) is 95.8 Å². The molecular weight excluding hydrogens is 462 g/mol. The first-order valence-corrected chi connectivity index (χ1v) is 10.8. The first-order valence-electron chi connectivity index (χ1n) is 9.40. The molecule has 1 amide bonds. The first kappa shape index (κ1) is 23.9. The number of amides is 1. The molecule has 0 unspecified atom stereocenters. The normalized spacial score (nSPS) is 12.0. The summed E-state index contributed by atoms with van der Waals surface area (Å²) in [5.74, 6) is -1.79. The summed E-state index contributed by atoms with van der Waals surface area (Å²) >= 11 is 0. The molecule has 0 fully saturated rings. The molecule has 1 N–H and O–H groups in total. The van der Waals surface area contributed by atoms with Crippen molar-refractivity contribution in [2.75, 3.05) is 10.8 Å². The Morgan fingerprint density at radius 2 is 1.64 bits per heavy atom. The van der Waals surface area contributed by atoms with Crippen LogP contribution < -0.4 is 9.73 Å². The zero-order valence-corrected chi connectivity index (χ0v) is 17.6. The van der Waals surface area contributed by atoms with Gasteiger partial charge in [0, 0.05) is 0 Å². The smallest absolute Gasteiger partial charge is 0.271 e. The standard InChI is InChI=1S/C22H17F4N3O3S/c23-19-11-4-5-12-20(19)29(33(31,32)18-9-2-1-3-10-18)15-21(30)28-27-14-16-7-6-8-17(13-16)22(24,25)26/h1-14H,15H2,(H,28,30). The van der Waals surface area contributed by atoms with E-state index in [1.54, 1.807) is 6.07 Å². The molecule has 0 spiro atoms. The minimum atomic E-state index is -4.54. The summed E-state index contributed by atoms with van der Waals surface area (Å²) < 4.78 is 79.5. The molecule has 0 aliphatic heterocycles. The Kier molecular flexibility index (Phi) is 7.12. The van der Waals surface area contributed by atoms with Gasteiger partial charge in [-0.25, -0.2) is 18.2 Å². The molecular formula is C22H17F4N3O3S. The quantitative estimate of drug-likeness (QED) is 0.314. The Bertz CT molecular complexity index is 1260. The third-order valence-corrected chi connectivity index (χ3v) is 6.13. The molecule has 0 aromatic heterocycles. The molecule has 0 atom stereocenters. The summed E-state index contributed by atoms with van der Waals surface area (Å²) in [4.78, 5) is 12.2. The molecule has 3 aromatic carbocycles. The second-order valence-electron chi connectivity index (χ2n) is 6.69. The van der Waals surface area contributed by atoms with Gasteiger partial charge in [0.25, 0.3) is 15.9 Å². The number of nitrogens with zero attached hydrogens (tertiary/aromatic N) is 2. The van der Waals surface area contributed by atoms with Crippen LogP contribution in [0.1, 0.15) is 11.1 Å². The van der Waals surface area contributed by atoms with Crippen molar-refractivity contribution in [3.63, 3.8) is 0 Å². The number of carbonyl (C=O) groups is 1. The van der Waals surface area contributed by atoms with Gasteiger partial charge in [0.1, 0.15) is 12.4 Å². The van der Waals surface area contributed by atoms with Crippen molar-refractivity contribution < 1.29 is 30.8 Å². The summed E-state index contributed by atoms with van der Waals surface area (Å²) in [6.45, 7) is -0.821. The minimum absolute atomic E-state index is 0.0630. The highest BCUT2D eigenvalue weighted by Crippen LogP contribution is 2.29. The van der Waals surface area contributed by atoms with Crippen molar-refractivity contribution in [2.45, 2.75) is 11.1 Å². The zero-order chi connectivity index (χ0) is 24.1. The lowest BCUT2D eigenvalue weighted by Gasteiger charge is -2.24. The van der Waals surface area contributed by atoms with E-state index in [0.29, 0.717) is 4.31 Å². The molecule has 33 heavy (non-hydrogen) atoms. The molecule has 0 aliphatic carbocycles. The second kappa shape index (κ2) is 9.82. The monoisotopic (exact) mass is 479 g/mol. The minimum Gasteiger partial charge on any atom is -0.271 e. The third kappa shape index (κ3) is 5.95. The van der Waals surface area contributed by atoms with Gasteiger partial charge < -0.3 is 0 Å². The average molecular weight is 479 g/mol. The van der Waals surface area contributed by atoms with E-state index in [1.807, 2.05) is 0 Å². The maximum Gasteiger partial charge on any atom is 0.416 e. The van der Waals surface area contributed by atoms with Gasteiger partial charge in [-0.15, -0.1) is 0 Å². The Labute approximate surface area is 187 Å². The summed E-state index contributed by atoms with van der Waals surface area (Å²) in [6, 6.07) is 16.4. The van der Waals surface area contributed by atoms with E-state index in [4.69, 9.17) is 0 Å². The largest absolute Gasteiger partial charge is 0.416 e. The molecule has 0 heterocycles. The fraction of sp³-hybridized carbons (Fsp3) is 0.0909. The molecule has 11 heteroatoms. The van der Waals surface area contributed by atoms with Crippen LogP contribution in [-0.4, -0.2) is 27.1 Å². The van der Waals surface area contributed by atoms with Crippen molar-refractivity contribution in [1.29, 1.82) is 0 Å². The number of anilines is 1. The number of para-hydroxylation sites is 1. The highest BCUT2D eigenvalue weighted by Gasteiger charge is 2.30. The Balaban J connectivity index is 1.82. The molecule has 0 saturated heterocycles. The molecule has 0 saturated carbocycles. The van der Waals surface area contributed by atoms with Crippen LogP contribution in [-0.2, 0) is 21.0 Å². The molecule has 0 bridgehead atoms. The molecule has 3 rings (SSSR count). The number of sulfonamides is 1. The third-order valence-electron chi connectivity index (χ3n) is 4.36. The van der Waals surface area contributed by atoms with Gasteiger partial charge in [-0.05, 0) is 42.0 Å².